The number of piperazine rings is 1. The molecule has 0 spiro atoms. The number of carbonyl (C=O) groups excluding carboxylic acids is 1. The van der Waals surface area contributed by atoms with Crippen molar-refractivity contribution in [2.24, 2.45) is 0 Å². The summed E-state index contributed by atoms with van der Waals surface area (Å²) in [5.74, 6) is 0.151. The third kappa shape index (κ3) is 3.04. The minimum Gasteiger partial charge on any atom is -0.336 e. The average molecular weight is 378 g/mol. The third-order valence-corrected chi connectivity index (χ3v) is 5.38. The molecule has 2 heterocycles. The molecule has 1 aliphatic rings. The number of hydrogen-bond acceptors (Lipinski definition) is 2. The molecule has 0 atom stereocenters. The molecule has 1 aromatic carbocycles. The van der Waals surface area contributed by atoms with Crippen molar-refractivity contribution >= 4 is 32.7 Å². The Hall–Kier alpha value is -1.33. The van der Waals surface area contributed by atoms with Crippen molar-refractivity contribution in [3.8, 4) is 0 Å². The third-order valence-electron chi connectivity index (χ3n) is 4.74. The highest BCUT2D eigenvalue weighted by Crippen LogP contribution is 2.28. The lowest BCUT2D eigenvalue weighted by Crippen LogP contribution is -2.51. The summed E-state index contributed by atoms with van der Waals surface area (Å²) in [5, 5.41) is 1.12. The number of fused-ring (bicyclic) bond motifs is 1. The van der Waals surface area contributed by atoms with Crippen LogP contribution in [0.1, 0.15) is 31.3 Å². The van der Waals surface area contributed by atoms with Crippen molar-refractivity contribution < 1.29 is 4.79 Å². The predicted octanol–water partition coefficient (Wildman–Crippen LogP) is 3.59. The molecule has 0 radical (unpaired) electrons. The standard InChI is InChI=1S/C18H24BrN3O/c1-4-22-16(12-14-6-5-7-15(19)17(14)22)18(23)21-10-8-20(9-11-21)13(2)3/h5-7,12-13H,4,8-11H2,1-3H3. The fourth-order valence-electron chi connectivity index (χ4n) is 3.39. The van der Waals surface area contributed by atoms with E-state index in [2.05, 4.69) is 52.2 Å². The maximum atomic E-state index is 13.0. The van der Waals surface area contributed by atoms with Crippen LogP contribution in [0.4, 0.5) is 0 Å². The highest BCUT2D eigenvalue weighted by atomic mass is 79.9. The quantitative estimate of drug-likeness (QED) is 0.817. The first-order valence-corrected chi connectivity index (χ1v) is 9.13. The van der Waals surface area contributed by atoms with Gasteiger partial charge in [-0.2, -0.15) is 0 Å². The summed E-state index contributed by atoms with van der Waals surface area (Å²) in [7, 11) is 0. The Morgan fingerprint density at radius 3 is 2.52 bits per heavy atom. The summed E-state index contributed by atoms with van der Waals surface area (Å²) in [6, 6.07) is 8.69. The van der Waals surface area contributed by atoms with Crippen LogP contribution in [0.2, 0.25) is 0 Å². The van der Waals surface area contributed by atoms with Crippen LogP contribution in [0.15, 0.2) is 28.7 Å². The highest BCUT2D eigenvalue weighted by molar-refractivity contribution is 9.10. The van der Waals surface area contributed by atoms with Gasteiger partial charge in [-0.3, -0.25) is 9.69 Å². The van der Waals surface area contributed by atoms with Crippen LogP contribution in [-0.4, -0.2) is 52.5 Å². The summed E-state index contributed by atoms with van der Waals surface area (Å²) in [5.41, 5.74) is 1.91. The van der Waals surface area contributed by atoms with E-state index < -0.39 is 0 Å². The van der Waals surface area contributed by atoms with Crippen LogP contribution in [0.3, 0.4) is 0 Å². The molecule has 1 saturated heterocycles. The predicted molar refractivity (Wildman–Crippen MR) is 97.9 cm³/mol. The zero-order valence-electron chi connectivity index (χ0n) is 14.1. The van der Waals surface area contributed by atoms with Gasteiger partial charge in [-0.15, -0.1) is 0 Å². The van der Waals surface area contributed by atoms with Crippen molar-refractivity contribution in [2.45, 2.75) is 33.4 Å². The average Bonchev–Trinajstić information content (AvgIpc) is 2.94. The summed E-state index contributed by atoms with van der Waals surface area (Å²) >= 11 is 3.62. The Morgan fingerprint density at radius 2 is 1.91 bits per heavy atom. The number of amides is 1. The molecule has 1 fully saturated rings. The number of aromatic nitrogens is 1. The molecule has 5 heteroatoms. The topological polar surface area (TPSA) is 28.5 Å². The van der Waals surface area contributed by atoms with Crippen molar-refractivity contribution in [1.29, 1.82) is 0 Å². The second kappa shape index (κ2) is 6.65. The molecule has 1 aromatic heterocycles. The van der Waals surface area contributed by atoms with Gasteiger partial charge in [-0.05, 0) is 48.8 Å². The molecule has 0 N–H and O–H groups in total. The molecule has 0 bridgehead atoms. The van der Waals surface area contributed by atoms with Crippen molar-refractivity contribution in [3.05, 3.63) is 34.4 Å². The van der Waals surface area contributed by atoms with Crippen molar-refractivity contribution in [2.75, 3.05) is 26.2 Å². The van der Waals surface area contributed by atoms with Gasteiger partial charge in [0.25, 0.3) is 5.91 Å². The van der Waals surface area contributed by atoms with Crippen LogP contribution < -0.4 is 0 Å². The van der Waals surface area contributed by atoms with Crippen molar-refractivity contribution in [3.63, 3.8) is 0 Å². The van der Waals surface area contributed by atoms with Crippen LogP contribution in [0.5, 0.6) is 0 Å². The maximum Gasteiger partial charge on any atom is 0.270 e. The smallest absolute Gasteiger partial charge is 0.270 e. The number of rotatable bonds is 3. The molecule has 124 valence electrons. The van der Waals surface area contributed by atoms with E-state index in [0.717, 1.165) is 53.8 Å². The number of nitrogens with zero attached hydrogens (tertiary/aromatic N) is 3. The van der Waals surface area contributed by atoms with E-state index in [9.17, 15) is 4.79 Å². The maximum absolute atomic E-state index is 13.0. The Morgan fingerprint density at radius 1 is 1.22 bits per heavy atom. The van der Waals surface area contributed by atoms with Gasteiger partial charge in [-0.25, -0.2) is 0 Å². The molecule has 0 saturated carbocycles. The lowest BCUT2D eigenvalue weighted by atomic mass is 10.2. The van der Waals surface area contributed by atoms with E-state index in [-0.39, 0.29) is 5.91 Å². The van der Waals surface area contributed by atoms with Gasteiger partial charge in [0.1, 0.15) is 5.69 Å². The van der Waals surface area contributed by atoms with E-state index in [4.69, 9.17) is 0 Å². The molecule has 1 aliphatic heterocycles. The molecular formula is C18H24BrN3O. The Kier molecular flexibility index (Phi) is 4.78. The van der Waals surface area contributed by atoms with Gasteiger partial charge in [-0.1, -0.05) is 12.1 Å². The van der Waals surface area contributed by atoms with E-state index >= 15 is 0 Å². The van der Waals surface area contributed by atoms with E-state index in [0.29, 0.717) is 6.04 Å². The van der Waals surface area contributed by atoms with Gasteiger partial charge in [0.15, 0.2) is 0 Å². The Balaban J connectivity index is 1.89. The number of aryl methyl sites for hydroxylation is 1. The fourth-order valence-corrected chi connectivity index (χ4v) is 3.98. The fraction of sp³-hybridized carbons (Fsp3) is 0.500. The zero-order valence-corrected chi connectivity index (χ0v) is 15.6. The molecule has 0 aliphatic carbocycles. The van der Waals surface area contributed by atoms with E-state index in [1.807, 2.05) is 23.1 Å². The molecule has 3 rings (SSSR count). The summed E-state index contributed by atoms with van der Waals surface area (Å²) in [4.78, 5) is 17.4. The molecule has 1 amide bonds. The SMILES string of the molecule is CCn1c(C(=O)N2CCN(C(C)C)CC2)cc2cccc(Br)c21. The summed E-state index contributed by atoms with van der Waals surface area (Å²) in [6.45, 7) is 10.8. The van der Waals surface area contributed by atoms with Crippen LogP contribution in [-0.2, 0) is 6.54 Å². The number of hydrogen-bond donors (Lipinski definition) is 0. The van der Waals surface area contributed by atoms with Crippen LogP contribution in [0.25, 0.3) is 10.9 Å². The van der Waals surface area contributed by atoms with Gasteiger partial charge in [0.05, 0.1) is 5.52 Å². The second-order valence-electron chi connectivity index (χ2n) is 6.37. The number of halogens is 1. The molecule has 23 heavy (non-hydrogen) atoms. The number of para-hydroxylation sites is 1. The van der Waals surface area contributed by atoms with Crippen LogP contribution in [0, 0.1) is 0 Å². The van der Waals surface area contributed by atoms with Crippen molar-refractivity contribution in [1.82, 2.24) is 14.4 Å². The second-order valence-corrected chi connectivity index (χ2v) is 7.23. The number of benzene rings is 1. The lowest BCUT2D eigenvalue weighted by molar-refractivity contribution is 0.0586. The van der Waals surface area contributed by atoms with Gasteiger partial charge in [0.2, 0.25) is 0 Å². The Bertz CT molecular complexity index is 714. The summed E-state index contributed by atoms with van der Waals surface area (Å²) in [6.07, 6.45) is 0. The lowest BCUT2D eigenvalue weighted by Gasteiger charge is -2.37. The van der Waals surface area contributed by atoms with Crippen LogP contribution >= 0.6 is 15.9 Å². The highest BCUT2D eigenvalue weighted by Gasteiger charge is 2.26. The van der Waals surface area contributed by atoms with Gasteiger partial charge < -0.3 is 9.47 Å². The van der Waals surface area contributed by atoms with Gasteiger partial charge in [0, 0.05) is 48.6 Å². The molecule has 4 nitrogen and oxygen atoms in total. The Labute approximate surface area is 146 Å². The minimum atomic E-state index is 0.151. The molecule has 0 unspecified atom stereocenters. The first-order chi connectivity index (χ1) is 11.0. The molecular weight excluding hydrogens is 354 g/mol. The van der Waals surface area contributed by atoms with E-state index in [1.165, 1.54) is 0 Å². The summed E-state index contributed by atoms with van der Waals surface area (Å²) < 4.78 is 3.16. The normalized spacial score (nSPS) is 16.5. The number of carbonyl (C=O) groups is 1. The zero-order chi connectivity index (χ0) is 16.6. The van der Waals surface area contributed by atoms with Gasteiger partial charge >= 0.3 is 0 Å². The largest absolute Gasteiger partial charge is 0.336 e. The van der Waals surface area contributed by atoms with E-state index in [1.54, 1.807) is 0 Å². The molecule has 2 aromatic rings. The first-order valence-electron chi connectivity index (χ1n) is 8.34. The first kappa shape index (κ1) is 16.5. The minimum absolute atomic E-state index is 0.151. The monoisotopic (exact) mass is 377 g/mol.